The first-order valence-corrected chi connectivity index (χ1v) is 7.35. The normalized spacial score (nSPS) is 15.9. The Bertz CT molecular complexity index is 365. The molecule has 0 aromatic carbocycles. The van der Waals surface area contributed by atoms with Crippen LogP contribution >= 0.6 is 0 Å². The molecule has 25 heavy (non-hydrogen) atoms. The Kier molecular flexibility index (Phi) is 17.3. The number of imide groups is 2. The fourth-order valence-corrected chi connectivity index (χ4v) is 1.13. The van der Waals surface area contributed by atoms with Gasteiger partial charge in [-0.05, 0) is 27.7 Å². The minimum absolute atomic E-state index is 0. The molecule has 0 saturated carbocycles. The number of carbonyl (C=O) groups excluding carboxylic acids is 4. The van der Waals surface area contributed by atoms with Crippen LogP contribution in [0.2, 0.25) is 0 Å². The van der Waals surface area contributed by atoms with E-state index in [1.807, 2.05) is 0 Å². The second-order valence-electron chi connectivity index (χ2n) is 5.39. The van der Waals surface area contributed by atoms with Gasteiger partial charge in [0, 0.05) is 59.6 Å². The number of aliphatic hydroxyl groups excluding tert-OH is 2. The Morgan fingerprint density at radius 2 is 0.760 bits per heavy atom. The van der Waals surface area contributed by atoms with Gasteiger partial charge in [-0.1, -0.05) is 0 Å². The number of hydroxylamine groups is 4. The molecule has 2 fully saturated rings. The van der Waals surface area contributed by atoms with Crippen molar-refractivity contribution < 1.29 is 61.5 Å². The SMILES string of the molecule is CC(C)O.CC(C)O.O=C1CCC(=O)N1O.O=C1CCC(=O)N1O.[Ti]. The van der Waals surface area contributed by atoms with Gasteiger partial charge in [-0.3, -0.25) is 29.6 Å². The van der Waals surface area contributed by atoms with E-state index >= 15 is 0 Å². The molecule has 0 bridgehead atoms. The second-order valence-corrected chi connectivity index (χ2v) is 5.39. The number of carbonyl (C=O) groups is 4. The van der Waals surface area contributed by atoms with Crippen molar-refractivity contribution in [3.8, 4) is 0 Å². The first-order valence-electron chi connectivity index (χ1n) is 7.35. The van der Waals surface area contributed by atoms with Crippen LogP contribution in [-0.2, 0) is 40.9 Å². The molecule has 4 N–H and O–H groups in total. The van der Waals surface area contributed by atoms with Crippen molar-refractivity contribution in [2.75, 3.05) is 0 Å². The first-order chi connectivity index (χ1) is 10.9. The van der Waals surface area contributed by atoms with Crippen molar-refractivity contribution in [2.24, 2.45) is 0 Å². The third kappa shape index (κ3) is 16.1. The fraction of sp³-hybridized carbons (Fsp3) is 0.714. The molecule has 0 spiro atoms. The Labute approximate surface area is 161 Å². The molecule has 0 unspecified atom stereocenters. The fourth-order valence-electron chi connectivity index (χ4n) is 1.13. The van der Waals surface area contributed by atoms with E-state index in [1.54, 1.807) is 27.7 Å². The van der Waals surface area contributed by atoms with Crippen LogP contribution in [0.4, 0.5) is 0 Å². The molecule has 0 aromatic rings. The van der Waals surface area contributed by atoms with Crippen molar-refractivity contribution in [3.63, 3.8) is 0 Å². The van der Waals surface area contributed by atoms with E-state index in [2.05, 4.69) is 0 Å². The Balaban J connectivity index is -0.000000270. The molecular weight excluding hydrogens is 372 g/mol. The van der Waals surface area contributed by atoms with E-state index in [1.165, 1.54) is 0 Å². The molecule has 2 heterocycles. The number of nitrogens with zero attached hydrogens (tertiary/aromatic N) is 2. The molecular formula is C14H26N2O8Ti. The molecule has 2 aliphatic rings. The maximum atomic E-state index is 10.2. The van der Waals surface area contributed by atoms with Crippen LogP contribution in [0.15, 0.2) is 0 Å². The Hall–Kier alpha value is -1.17. The molecule has 0 radical (unpaired) electrons. The average molecular weight is 398 g/mol. The molecule has 2 saturated heterocycles. The maximum Gasteiger partial charge on any atom is 0.253 e. The number of hydrogen-bond acceptors (Lipinski definition) is 8. The predicted molar refractivity (Wildman–Crippen MR) is 80.5 cm³/mol. The van der Waals surface area contributed by atoms with E-state index in [4.69, 9.17) is 20.6 Å². The first kappa shape index (κ1) is 28.6. The summed E-state index contributed by atoms with van der Waals surface area (Å²) in [6, 6.07) is 0. The van der Waals surface area contributed by atoms with Crippen LogP contribution < -0.4 is 0 Å². The van der Waals surface area contributed by atoms with Gasteiger partial charge >= 0.3 is 0 Å². The topological polar surface area (TPSA) is 156 Å². The molecule has 2 aliphatic heterocycles. The van der Waals surface area contributed by atoms with E-state index in [0.29, 0.717) is 0 Å². The molecule has 4 amide bonds. The van der Waals surface area contributed by atoms with Crippen molar-refractivity contribution in [3.05, 3.63) is 0 Å². The predicted octanol–water partition coefficient (Wildman–Crippen LogP) is -0.179. The Morgan fingerprint density at radius 3 is 0.800 bits per heavy atom. The summed E-state index contributed by atoms with van der Waals surface area (Å²) in [6.07, 6.45) is 0.259. The smallest absolute Gasteiger partial charge is 0.253 e. The van der Waals surface area contributed by atoms with Gasteiger partial charge in [0.25, 0.3) is 23.6 Å². The van der Waals surface area contributed by atoms with Gasteiger partial charge in [-0.25, -0.2) is 0 Å². The summed E-state index contributed by atoms with van der Waals surface area (Å²) < 4.78 is 0. The van der Waals surface area contributed by atoms with Crippen LogP contribution in [0.3, 0.4) is 0 Å². The van der Waals surface area contributed by atoms with E-state index in [-0.39, 0.29) is 69.7 Å². The third-order valence-corrected chi connectivity index (χ3v) is 2.05. The number of hydrogen-bond donors (Lipinski definition) is 4. The number of aliphatic hydroxyl groups is 2. The van der Waals surface area contributed by atoms with Gasteiger partial charge < -0.3 is 10.2 Å². The molecule has 2 rings (SSSR count). The van der Waals surface area contributed by atoms with Crippen LogP contribution in [0.5, 0.6) is 0 Å². The van der Waals surface area contributed by atoms with Crippen molar-refractivity contribution >= 4 is 23.6 Å². The summed E-state index contributed by atoms with van der Waals surface area (Å²) in [7, 11) is 0. The van der Waals surface area contributed by atoms with Crippen LogP contribution in [0.25, 0.3) is 0 Å². The Morgan fingerprint density at radius 1 is 0.640 bits per heavy atom. The second kappa shape index (κ2) is 15.1. The van der Waals surface area contributed by atoms with E-state index in [0.717, 1.165) is 0 Å². The van der Waals surface area contributed by atoms with Gasteiger partial charge in [0.2, 0.25) is 0 Å². The summed E-state index contributed by atoms with van der Waals surface area (Å²) >= 11 is 0. The molecule has 0 aliphatic carbocycles. The van der Waals surface area contributed by atoms with Crippen LogP contribution in [0, 0.1) is 0 Å². The van der Waals surface area contributed by atoms with E-state index in [9.17, 15) is 19.2 Å². The third-order valence-electron chi connectivity index (χ3n) is 2.05. The molecule has 0 atom stereocenters. The van der Waals surface area contributed by atoms with Gasteiger partial charge in [-0.15, -0.1) is 0 Å². The standard InChI is InChI=1S/2C4H5NO3.2C3H8O.Ti/c2*6-3-1-2-4(7)5(3)8;2*1-3(2)4;/h2*8H,1-2H2;2*3-4H,1-2H3;. The van der Waals surface area contributed by atoms with Gasteiger partial charge in [-0.2, -0.15) is 10.1 Å². The molecule has 10 nitrogen and oxygen atoms in total. The zero-order valence-corrected chi connectivity index (χ0v) is 16.4. The van der Waals surface area contributed by atoms with Crippen molar-refractivity contribution in [1.29, 1.82) is 0 Å². The quantitative estimate of drug-likeness (QED) is 0.249. The summed E-state index contributed by atoms with van der Waals surface area (Å²) in [5.41, 5.74) is 0. The van der Waals surface area contributed by atoms with Crippen LogP contribution in [-0.4, -0.2) is 66.6 Å². The zero-order valence-electron chi connectivity index (χ0n) is 14.8. The maximum absolute atomic E-state index is 10.2. The van der Waals surface area contributed by atoms with Gasteiger partial charge in [0.1, 0.15) is 0 Å². The average Bonchev–Trinajstić information content (AvgIpc) is 2.89. The largest absolute Gasteiger partial charge is 0.394 e. The molecule has 0 aromatic heterocycles. The minimum Gasteiger partial charge on any atom is -0.394 e. The summed E-state index contributed by atoms with van der Waals surface area (Å²) in [5, 5.41) is 33.2. The van der Waals surface area contributed by atoms with Crippen LogP contribution in [0.1, 0.15) is 53.4 Å². The summed E-state index contributed by atoms with van der Waals surface area (Å²) in [4.78, 5) is 41.0. The summed E-state index contributed by atoms with van der Waals surface area (Å²) in [6.45, 7) is 6.89. The molecule has 144 valence electrons. The van der Waals surface area contributed by atoms with Crippen molar-refractivity contribution in [1.82, 2.24) is 10.1 Å². The molecule has 11 heteroatoms. The van der Waals surface area contributed by atoms with Crippen molar-refractivity contribution in [2.45, 2.75) is 65.6 Å². The minimum atomic E-state index is -0.505. The number of amides is 4. The number of rotatable bonds is 0. The van der Waals surface area contributed by atoms with E-state index < -0.39 is 23.6 Å². The van der Waals surface area contributed by atoms with Gasteiger partial charge in [0.05, 0.1) is 0 Å². The zero-order chi connectivity index (χ0) is 19.4. The monoisotopic (exact) mass is 398 g/mol. The summed E-state index contributed by atoms with van der Waals surface area (Å²) in [5.74, 6) is -2.02. The van der Waals surface area contributed by atoms with Gasteiger partial charge in [0.15, 0.2) is 0 Å².